The number of nitrogens with zero attached hydrogens (tertiary/aromatic N) is 3. The van der Waals surface area contributed by atoms with E-state index in [4.69, 9.17) is 0 Å². The minimum Gasteiger partial charge on any atom is -0.375 e. The van der Waals surface area contributed by atoms with E-state index in [0.29, 0.717) is 19.6 Å². The van der Waals surface area contributed by atoms with E-state index in [1.807, 2.05) is 43.3 Å². The largest absolute Gasteiger partial charge is 0.375 e. The molecule has 0 saturated carbocycles. The second-order valence-electron chi connectivity index (χ2n) is 6.89. The summed E-state index contributed by atoms with van der Waals surface area (Å²) in [5.74, 6) is 0. The summed E-state index contributed by atoms with van der Waals surface area (Å²) in [5.41, 5.74) is 2.17. The van der Waals surface area contributed by atoms with Crippen molar-refractivity contribution in [3.63, 3.8) is 0 Å². The van der Waals surface area contributed by atoms with Crippen LogP contribution in [-0.2, 0) is 23.1 Å². The van der Waals surface area contributed by atoms with E-state index in [0.717, 1.165) is 23.7 Å². The number of sulfonamides is 1. The van der Waals surface area contributed by atoms with Gasteiger partial charge in [0.2, 0.25) is 10.0 Å². The maximum atomic E-state index is 12.7. The Kier molecular flexibility index (Phi) is 7.72. The predicted octanol–water partition coefficient (Wildman–Crippen LogP) is 3.30. The van der Waals surface area contributed by atoms with Gasteiger partial charge in [-0.2, -0.15) is 4.31 Å². The molecule has 29 heavy (non-hydrogen) atoms. The molecule has 0 atom stereocenters. The van der Waals surface area contributed by atoms with Crippen LogP contribution in [0.5, 0.6) is 0 Å². The third-order valence-electron chi connectivity index (χ3n) is 4.58. The zero-order chi connectivity index (χ0) is 21.6. The first kappa shape index (κ1) is 22.8. The molecule has 0 radical (unpaired) electrons. The Balaban J connectivity index is 2.33. The van der Waals surface area contributed by atoms with Crippen LogP contribution < -0.4 is 5.32 Å². The number of anilines is 1. The van der Waals surface area contributed by atoms with Crippen LogP contribution in [-0.4, -0.2) is 49.7 Å². The van der Waals surface area contributed by atoms with Crippen molar-refractivity contribution in [1.29, 1.82) is 0 Å². The lowest BCUT2D eigenvalue weighted by molar-refractivity contribution is -0.384. The van der Waals surface area contributed by atoms with Gasteiger partial charge < -0.3 is 10.2 Å². The highest BCUT2D eigenvalue weighted by Crippen LogP contribution is 2.29. The average molecular weight is 421 g/mol. The van der Waals surface area contributed by atoms with E-state index < -0.39 is 14.9 Å². The van der Waals surface area contributed by atoms with E-state index in [1.54, 1.807) is 13.8 Å². The summed E-state index contributed by atoms with van der Waals surface area (Å²) < 4.78 is 26.6. The Morgan fingerprint density at radius 3 is 2.21 bits per heavy atom. The lowest BCUT2D eigenvalue weighted by Gasteiger charge is -2.19. The molecule has 0 spiro atoms. The van der Waals surface area contributed by atoms with E-state index in [1.165, 1.54) is 16.4 Å². The Bertz CT molecular complexity index is 957. The minimum atomic E-state index is -3.77. The van der Waals surface area contributed by atoms with Crippen LogP contribution in [0.15, 0.2) is 47.4 Å². The Morgan fingerprint density at radius 1 is 1.03 bits per heavy atom. The third kappa shape index (κ3) is 5.53. The first-order chi connectivity index (χ1) is 13.7. The first-order valence-corrected chi connectivity index (χ1v) is 10.9. The van der Waals surface area contributed by atoms with Crippen molar-refractivity contribution in [3.05, 3.63) is 63.7 Å². The predicted molar refractivity (Wildman–Crippen MR) is 114 cm³/mol. The van der Waals surface area contributed by atoms with Crippen LogP contribution in [0.25, 0.3) is 0 Å². The number of nitro groups is 1. The smallest absolute Gasteiger partial charge is 0.293 e. The molecule has 0 aliphatic carbocycles. The fourth-order valence-corrected chi connectivity index (χ4v) is 4.58. The topological polar surface area (TPSA) is 95.8 Å². The third-order valence-corrected chi connectivity index (χ3v) is 6.63. The lowest BCUT2D eigenvalue weighted by Crippen LogP contribution is -2.30. The molecule has 0 fully saturated rings. The summed E-state index contributed by atoms with van der Waals surface area (Å²) in [4.78, 5) is 13.0. The van der Waals surface area contributed by atoms with Gasteiger partial charge in [-0.3, -0.25) is 10.1 Å². The molecule has 0 unspecified atom stereocenters. The first-order valence-electron chi connectivity index (χ1n) is 9.44. The highest BCUT2D eigenvalue weighted by atomic mass is 32.2. The van der Waals surface area contributed by atoms with Gasteiger partial charge in [-0.05, 0) is 37.4 Å². The zero-order valence-corrected chi connectivity index (χ0v) is 18.1. The molecule has 158 valence electrons. The highest BCUT2D eigenvalue weighted by molar-refractivity contribution is 7.89. The van der Waals surface area contributed by atoms with Crippen LogP contribution >= 0.6 is 0 Å². The van der Waals surface area contributed by atoms with Crippen molar-refractivity contribution in [2.75, 3.05) is 32.5 Å². The summed E-state index contributed by atoms with van der Waals surface area (Å²) in [7, 11) is 0.187. The van der Waals surface area contributed by atoms with Gasteiger partial charge in [0.25, 0.3) is 5.69 Å². The number of benzene rings is 2. The number of hydrogen-bond acceptors (Lipinski definition) is 6. The van der Waals surface area contributed by atoms with Gasteiger partial charge >= 0.3 is 0 Å². The van der Waals surface area contributed by atoms with Gasteiger partial charge in [-0.25, -0.2) is 8.42 Å². The molecule has 9 heteroatoms. The highest BCUT2D eigenvalue weighted by Gasteiger charge is 2.25. The standard InChI is InChI=1S/C20H28N4O4S/c1-5-23(6-2)29(27,28)18-11-12-19(20(13-18)24(25)26)21-14-16-9-7-8-10-17(16)15-22(3)4/h7-13,21H,5-6,14-15H2,1-4H3. The molecule has 0 aliphatic heterocycles. The molecule has 0 aliphatic rings. The second-order valence-corrected chi connectivity index (χ2v) is 8.82. The van der Waals surface area contributed by atoms with Gasteiger partial charge in [-0.1, -0.05) is 38.1 Å². The molecule has 0 amide bonds. The summed E-state index contributed by atoms with van der Waals surface area (Å²) in [6.45, 7) is 5.21. The molecule has 2 rings (SSSR count). The van der Waals surface area contributed by atoms with Gasteiger partial charge in [0, 0.05) is 32.2 Å². The molecule has 0 aromatic heterocycles. The van der Waals surface area contributed by atoms with Crippen LogP contribution in [0.4, 0.5) is 11.4 Å². The quantitative estimate of drug-likeness (QED) is 0.468. The molecule has 8 nitrogen and oxygen atoms in total. The van der Waals surface area contributed by atoms with Crippen molar-refractivity contribution < 1.29 is 13.3 Å². The minimum absolute atomic E-state index is 0.0774. The normalized spacial score (nSPS) is 11.8. The van der Waals surface area contributed by atoms with Crippen LogP contribution in [0.2, 0.25) is 0 Å². The van der Waals surface area contributed by atoms with Crippen molar-refractivity contribution in [2.45, 2.75) is 31.8 Å². The summed E-state index contributed by atoms with van der Waals surface area (Å²) in [5, 5.41) is 14.7. The van der Waals surface area contributed by atoms with Crippen molar-refractivity contribution in [1.82, 2.24) is 9.21 Å². The van der Waals surface area contributed by atoms with E-state index in [-0.39, 0.29) is 16.3 Å². The number of nitrogens with one attached hydrogen (secondary N) is 1. The van der Waals surface area contributed by atoms with Gasteiger partial charge in [-0.15, -0.1) is 0 Å². The van der Waals surface area contributed by atoms with Crippen LogP contribution in [0.3, 0.4) is 0 Å². The second kappa shape index (κ2) is 9.82. The SMILES string of the molecule is CCN(CC)S(=O)(=O)c1ccc(NCc2ccccc2CN(C)C)c([N+](=O)[O-])c1. The molecule has 1 N–H and O–H groups in total. The number of hydrogen-bond donors (Lipinski definition) is 1. The molecule has 0 bridgehead atoms. The van der Waals surface area contributed by atoms with Gasteiger partial charge in [0.1, 0.15) is 5.69 Å². The Morgan fingerprint density at radius 2 is 1.66 bits per heavy atom. The number of nitro benzene ring substituents is 1. The van der Waals surface area contributed by atoms with E-state index >= 15 is 0 Å². The molecule has 2 aromatic rings. The monoisotopic (exact) mass is 420 g/mol. The molecule has 2 aromatic carbocycles. The average Bonchev–Trinajstić information content (AvgIpc) is 2.67. The van der Waals surface area contributed by atoms with Crippen LogP contribution in [0, 0.1) is 10.1 Å². The van der Waals surface area contributed by atoms with Crippen LogP contribution in [0.1, 0.15) is 25.0 Å². The van der Waals surface area contributed by atoms with Gasteiger partial charge in [0.05, 0.1) is 9.82 Å². The van der Waals surface area contributed by atoms with Crippen molar-refractivity contribution in [3.8, 4) is 0 Å². The number of rotatable bonds is 10. The maximum absolute atomic E-state index is 12.7. The molecular weight excluding hydrogens is 392 g/mol. The maximum Gasteiger partial charge on any atom is 0.293 e. The lowest BCUT2D eigenvalue weighted by atomic mass is 10.1. The molecule has 0 heterocycles. The summed E-state index contributed by atoms with van der Waals surface area (Å²) in [6.07, 6.45) is 0. The van der Waals surface area contributed by atoms with E-state index in [2.05, 4.69) is 5.32 Å². The fraction of sp³-hybridized carbons (Fsp3) is 0.400. The van der Waals surface area contributed by atoms with E-state index in [9.17, 15) is 18.5 Å². The summed E-state index contributed by atoms with van der Waals surface area (Å²) in [6, 6.07) is 11.9. The Hall–Kier alpha value is -2.49. The van der Waals surface area contributed by atoms with Crippen molar-refractivity contribution >= 4 is 21.4 Å². The Labute approximate surface area is 172 Å². The molecule has 0 saturated heterocycles. The van der Waals surface area contributed by atoms with Crippen molar-refractivity contribution in [2.24, 2.45) is 0 Å². The zero-order valence-electron chi connectivity index (χ0n) is 17.3. The van der Waals surface area contributed by atoms with Gasteiger partial charge in [0.15, 0.2) is 0 Å². The fourth-order valence-electron chi connectivity index (χ4n) is 3.10. The molecular formula is C20H28N4O4S. The summed E-state index contributed by atoms with van der Waals surface area (Å²) >= 11 is 0.